The number of thioether (sulfide) groups is 1. The molecule has 0 aromatic carbocycles. The Morgan fingerprint density at radius 2 is 2.39 bits per heavy atom. The van der Waals surface area contributed by atoms with E-state index in [9.17, 15) is 9.90 Å². The van der Waals surface area contributed by atoms with Gasteiger partial charge in [-0.05, 0) is 41.1 Å². The van der Waals surface area contributed by atoms with Crippen LogP contribution in [-0.2, 0) is 0 Å². The lowest BCUT2D eigenvalue weighted by Crippen LogP contribution is -2.27. The van der Waals surface area contributed by atoms with Crippen molar-refractivity contribution in [3.05, 3.63) is 22.3 Å². The van der Waals surface area contributed by atoms with Gasteiger partial charge in [-0.15, -0.1) is 0 Å². The maximum Gasteiger partial charge on any atom is 0.339 e. The van der Waals surface area contributed by atoms with Gasteiger partial charge in [0.2, 0.25) is 0 Å². The molecule has 4 nitrogen and oxygen atoms in total. The molecule has 0 spiro atoms. The number of nitrogens with one attached hydrogen (secondary N) is 1. The van der Waals surface area contributed by atoms with Crippen molar-refractivity contribution in [1.82, 2.24) is 4.98 Å². The second-order valence-corrected chi connectivity index (χ2v) is 6.30. The van der Waals surface area contributed by atoms with Crippen LogP contribution in [0.15, 0.2) is 16.7 Å². The van der Waals surface area contributed by atoms with Crippen LogP contribution >= 0.6 is 27.7 Å². The molecule has 0 aliphatic heterocycles. The van der Waals surface area contributed by atoms with Crippen LogP contribution in [0, 0.1) is 0 Å². The number of aromatic nitrogens is 1. The highest BCUT2D eigenvalue weighted by Crippen LogP contribution is 2.31. The minimum atomic E-state index is -0.954. The Morgan fingerprint density at radius 3 is 3.06 bits per heavy atom. The Bertz CT molecular complexity index is 456. The van der Waals surface area contributed by atoms with Gasteiger partial charge in [-0.25, -0.2) is 9.78 Å². The number of anilines is 1. The van der Waals surface area contributed by atoms with Crippen LogP contribution in [-0.4, -0.2) is 33.6 Å². The Morgan fingerprint density at radius 1 is 1.61 bits per heavy atom. The summed E-state index contributed by atoms with van der Waals surface area (Å²) in [4.78, 5) is 15.4. The van der Waals surface area contributed by atoms with E-state index in [0.29, 0.717) is 21.6 Å². The number of carboxylic acid groups (broad SMARTS) is 1. The molecule has 0 saturated heterocycles. The lowest BCUT2D eigenvalue weighted by Gasteiger charge is -2.20. The quantitative estimate of drug-likeness (QED) is 0.887. The van der Waals surface area contributed by atoms with Crippen LogP contribution in [0.2, 0.25) is 0 Å². The van der Waals surface area contributed by atoms with Crippen LogP contribution < -0.4 is 5.32 Å². The molecule has 2 unspecified atom stereocenters. The van der Waals surface area contributed by atoms with Crippen LogP contribution in [0.3, 0.4) is 0 Å². The van der Waals surface area contributed by atoms with E-state index < -0.39 is 5.97 Å². The highest BCUT2D eigenvalue weighted by molar-refractivity contribution is 9.10. The standard InChI is InChI=1S/C12H15BrN2O2S/c1-18-10-4-2-3-9(10)15-11-8(12(16)17)5-7(13)6-14-11/h5-6,9-10H,2-4H2,1H3,(H,14,15)(H,16,17). The monoisotopic (exact) mass is 330 g/mol. The van der Waals surface area contributed by atoms with Gasteiger partial charge in [-0.1, -0.05) is 6.42 Å². The molecule has 1 aliphatic rings. The molecule has 6 heteroatoms. The first-order valence-electron chi connectivity index (χ1n) is 5.80. The maximum atomic E-state index is 11.2. The third-order valence-electron chi connectivity index (χ3n) is 3.16. The van der Waals surface area contributed by atoms with Crippen molar-refractivity contribution in [3.8, 4) is 0 Å². The van der Waals surface area contributed by atoms with Crippen LogP contribution in [0.4, 0.5) is 5.82 Å². The van der Waals surface area contributed by atoms with Crippen molar-refractivity contribution in [1.29, 1.82) is 0 Å². The van der Waals surface area contributed by atoms with Gasteiger partial charge in [0.1, 0.15) is 11.4 Å². The molecule has 1 aromatic rings. The fraction of sp³-hybridized carbons (Fsp3) is 0.500. The number of carboxylic acids is 1. The molecular formula is C12H15BrN2O2S. The first kappa shape index (κ1) is 13.7. The normalized spacial score (nSPS) is 23.0. The smallest absolute Gasteiger partial charge is 0.339 e. The Hall–Kier alpha value is -0.750. The number of pyridine rings is 1. The molecule has 0 radical (unpaired) electrons. The van der Waals surface area contributed by atoms with Crippen molar-refractivity contribution >= 4 is 39.5 Å². The van der Waals surface area contributed by atoms with E-state index in [4.69, 9.17) is 0 Å². The van der Waals surface area contributed by atoms with Gasteiger partial charge in [0.05, 0.1) is 0 Å². The minimum Gasteiger partial charge on any atom is -0.478 e. The van der Waals surface area contributed by atoms with E-state index >= 15 is 0 Å². The van der Waals surface area contributed by atoms with Gasteiger partial charge in [0.15, 0.2) is 0 Å². The molecule has 0 amide bonds. The molecule has 2 rings (SSSR count). The molecule has 18 heavy (non-hydrogen) atoms. The fourth-order valence-electron chi connectivity index (χ4n) is 2.27. The molecule has 1 aliphatic carbocycles. The minimum absolute atomic E-state index is 0.219. The molecule has 1 aromatic heterocycles. The van der Waals surface area contributed by atoms with Crippen molar-refractivity contribution < 1.29 is 9.90 Å². The number of halogens is 1. The second-order valence-electron chi connectivity index (χ2n) is 4.31. The number of nitrogens with zero attached hydrogens (tertiary/aromatic N) is 1. The van der Waals surface area contributed by atoms with Crippen molar-refractivity contribution in [3.63, 3.8) is 0 Å². The van der Waals surface area contributed by atoms with E-state index in [1.165, 1.54) is 12.8 Å². The molecule has 2 atom stereocenters. The molecular weight excluding hydrogens is 316 g/mol. The van der Waals surface area contributed by atoms with E-state index in [1.807, 2.05) is 11.8 Å². The number of hydrogen-bond acceptors (Lipinski definition) is 4. The van der Waals surface area contributed by atoms with Crippen molar-refractivity contribution in [2.45, 2.75) is 30.6 Å². The predicted molar refractivity (Wildman–Crippen MR) is 77.5 cm³/mol. The number of aromatic carboxylic acids is 1. The molecule has 1 saturated carbocycles. The number of hydrogen-bond donors (Lipinski definition) is 2. The molecule has 98 valence electrons. The Balaban J connectivity index is 2.20. The zero-order valence-electron chi connectivity index (χ0n) is 10.0. The van der Waals surface area contributed by atoms with Gasteiger partial charge in [-0.2, -0.15) is 11.8 Å². The van der Waals surface area contributed by atoms with Gasteiger partial charge >= 0.3 is 5.97 Å². The zero-order chi connectivity index (χ0) is 13.1. The summed E-state index contributed by atoms with van der Waals surface area (Å²) in [5, 5.41) is 13.0. The summed E-state index contributed by atoms with van der Waals surface area (Å²) >= 11 is 5.08. The molecule has 1 heterocycles. The van der Waals surface area contributed by atoms with Crippen molar-refractivity contribution in [2.75, 3.05) is 11.6 Å². The number of rotatable bonds is 4. The first-order chi connectivity index (χ1) is 8.61. The average Bonchev–Trinajstić information content (AvgIpc) is 2.78. The van der Waals surface area contributed by atoms with Crippen LogP contribution in [0.1, 0.15) is 29.6 Å². The summed E-state index contributed by atoms with van der Waals surface area (Å²) in [6.45, 7) is 0. The summed E-state index contributed by atoms with van der Waals surface area (Å²) in [6, 6.07) is 1.90. The predicted octanol–water partition coefficient (Wildman–Crippen LogP) is 3.24. The zero-order valence-corrected chi connectivity index (χ0v) is 12.4. The average molecular weight is 331 g/mol. The summed E-state index contributed by atoms with van der Waals surface area (Å²) in [7, 11) is 0. The lowest BCUT2D eigenvalue weighted by atomic mass is 10.2. The van der Waals surface area contributed by atoms with E-state index in [0.717, 1.165) is 6.42 Å². The molecule has 0 bridgehead atoms. The maximum absolute atomic E-state index is 11.2. The summed E-state index contributed by atoms with van der Waals surface area (Å²) < 4.78 is 0.679. The lowest BCUT2D eigenvalue weighted by molar-refractivity contribution is 0.0697. The van der Waals surface area contributed by atoms with Gasteiger partial charge in [-0.3, -0.25) is 0 Å². The summed E-state index contributed by atoms with van der Waals surface area (Å²) in [6.07, 6.45) is 7.15. The highest BCUT2D eigenvalue weighted by atomic mass is 79.9. The van der Waals surface area contributed by atoms with E-state index in [2.05, 4.69) is 32.5 Å². The van der Waals surface area contributed by atoms with Gasteiger partial charge in [0, 0.05) is 22.0 Å². The van der Waals surface area contributed by atoms with Crippen LogP contribution in [0.25, 0.3) is 0 Å². The van der Waals surface area contributed by atoms with E-state index in [1.54, 1.807) is 12.3 Å². The third-order valence-corrected chi connectivity index (χ3v) is 4.77. The topological polar surface area (TPSA) is 62.2 Å². The van der Waals surface area contributed by atoms with Gasteiger partial charge < -0.3 is 10.4 Å². The first-order valence-corrected chi connectivity index (χ1v) is 7.88. The van der Waals surface area contributed by atoms with Gasteiger partial charge in [0.25, 0.3) is 0 Å². The Kier molecular flexibility index (Phi) is 4.50. The number of carbonyl (C=O) groups is 1. The largest absolute Gasteiger partial charge is 0.478 e. The molecule has 1 fully saturated rings. The SMILES string of the molecule is CSC1CCCC1Nc1ncc(Br)cc1C(=O)O. The summed E-state index contributed by atoms with van der Waals surface area (Å²) in [5.41, 5.74) is 0.219. The van der Waals surface area contributed by atoms with E-state index in [-0.39, 0.29) is 5.56 Å². The third kappa shape index (κ3) is 2.98. The van der Waals surface area contributed by atoms with Crippen molar-refractivity contribution in [2.24, 2.45) is 0 Å². The highest BCUT2D eigenvalue weighted by Gasteiger charge is 2.27. The summed E-state index contributed by atoms with van der Waals surface area (Å²) in [5.74, 6) is -0.485. The van der Waals surface area contributed by atoms with Crippen LogP contribution in [0.5, 0.6) is 0 Å². The molecule has 2 N–H and O–H groups in total. The Labute approximate surface area is 119 Å². The fourth-order valence-corrected chi connectivity index (χ4v) is 3.53. The second kappa shape index (κ2) is 5.93.